The van der Waals surface area contributed by atoms with Gasteiger partial charge in [0.05, 0.1) is 18.9 Å². The Labute approximate surface area is 145 Å². The lowest BCUT2D eigenvalue weighted by Gasteiger charge is -2.16. The smallest absolute Gasteiger partial charge is 0.240 e. The van der Waals surface area contributed by atoms with Crippen LogP contribution in [-0.4, -0.2) is 36.3 Å². The van der Waals surface area contributed by atoms with Gasteiger partial charge in [0, 0.05) is 6.54 Å². The normalized spacial score (nSPS) is 29.2. The summed E-state index contributed by atoms with van der Waals surface area (Å²) in [7, 11) is 1.60. The number of imide groups is 1. The van der Waals surface area contributed by atoms with E-state index in [1.807, 2.05) is 36.4 Å². The molecule has 130 valence electrons. The van der Waals surface area contributed by atoms with Crippen LogP contribution in [0.2, 0.25) is 0 Å². The van der Waals surface area contributed by atoms with Gasteiger partial charge in [-0.1, -0.05) is 24.3 Å². The highest BCUT2D eigenvalue weighted by Gasteiger charge is 2.59. The minimum absolute atomic E-state index is 0.166. The minimum atomic E-state index is -0.321. The van der Waals surface area contributed by atoms with E-state index < -0.39 is 0 Å². The Kier molecular flexibility index (Phi) is 3.82. The van der Waals surface area contributed by atoms with E-state index >= 15 is 0 Å². The van der Waals surface area contributed by atoms with E-state index in [4.69, 9.17) is 4.74 Å². The predicted molar refractivity (Wildman–Crippen MR) is 89.3 cm³/mol. The van der Waals surface area contributed by atoms with Crippen LogP contribution in [0.5, 0.6) is 5.75 Å². The highest BCUT2D eigenvalue weighted by Crippen LogP contribution is 2.52. The lowest BCUT2D eigenvalue weighted by Crippen LogP contribution is -2.41. The fourth-order valence-corrected chi connectivity index (χ4v) is 4.26. The Morgan fingerprint density at radius 3 is 2.28 bits per heavy atom. The van der Waals surface area contributed by atoms with Gasteiger partial charge in [-0.05, 0) is 36.0 Å². The summed E-state index contributed by atoms with van der Waals surface area (Å²) < 4.78 is 5.09. The van der Waals surface area contributed by atoms with E-state index in [2.05, 4.69) is 5.32 Å². The molecular formula is C19H20N2O4. The summed E-state index contributed by atoms with van der Waals surface area (Å²) in [4.78, 5) is 38.4. The number of methoxy groups -OCH3 is 1. The van der Waals surface area contributed by atoms with Crippen molar-refractivity contribution in [1.82, 2.24) is 10.2 Å². The van der Waals surface area contributed by atoms with Gasteiger partial charge in [0.25, 0.3) is 0 Å². The molecule has 1 saturated heterocycles. The van der Waals surface area contributed by atoms with Crippen molar-refractivity contribution in [3.05, 3.63) is 42.0 Å². The molecule has 0 aromatic heterocycles. The third-order valence-corrected chi connectivity index (χ3v) is 5.51. The molecule has 2 aliphatic carbocycles. The first-order valence-electron chi connectivity index (χ1n) is 8.51. The fraction of sp³-hybridized carbons (Fsp3) is 0.421. The number of rotatable bonds is 5. The van der Waals surface area contributed by atoms with Gasteiger partial charge in [-0.3, -0.25) is 19.3 Å². The molecule has 1 aromatic carbocycles. The van der Waals surface area contributed by atoms with Crippen LogP contribution in [0, 0.1) is 23.7 Å². The monoisotopic (exact) mass is 340 g/mol. The van der Waals surface area contributed by atoms with Gasteiger partial charge in [0.1, 0.15) is 12.3 Å². The maximum Gasteiger partial charge on any atom is 0.240 e. The number of carbonyl (C=O) groups excluding carboxylic acids is 3. The molecule has 6 nitrogen and oxygen atoms in total. The lowest BCUT2D eigenvalue weighted by atomic mass is 9.85. The zero-order chi connectivity index (χ0) is 17.6. The molecule has 0 spiro atoms. The molecule has 1 saturated carbocycles. The second-order valence-electron chi connectivity index (χ2n) is 6.89. The van der Waals surface area contributed by atoms with Crippen molar-refractivity contribution in [2.45, 2.75) is 13.0 Å². The number of fused-ring (bicyclic) bond motifs is 5. The Hall–Kier alpha value is -2.63. The van der Waals surface area contributed by atoms with Crippen LogP contribution >= 0.6 is 0 Å². The summed E-state index contributed by atoms with van der Waals surface area (Å²) >= 11 is 0. The second-order valence-corrected chi connectivity index (χ2v) is 6.89. The quantitative estimate of drug-likeness (QED) is 0.644. The fourth-order valence-electron chi connectivity index (χ4n) is 4.26. The molecule has 4 atom stereocenters. The van der Waals surface area contributed by atoms with Gasteiger partial charge < -0.3 is 10.1 Å². The van der Waals surface area contributed by atoms with Crippen molar-refractivity contribution in [3.8, 4) is 5.75 Å². The number of amides is 3. The van der Waals surface area contributed by atoms with Crippen molar-refractivity contribution in [3.63, 3.8) is 0 Å². The maximum absolute atomic E-state index is 12.5. The minimum Gasteiger partial charge on any atom is -0.497 e. The van der Waals surface area contributed by atoms with Crippen molar-refractivity contribution >= 4 is 17.7 Å². The molecule has 1 heterocycles. The third kappa shape index (κ3) is 2.62. The van der Waals surface area contributed by atoms with Crippen LogP contribution in [0.15, 0.2) is 36.4 Å². The molecule has 1 aromatic rings. The van der Waals surface area contributed by atoms with Crippen LogP contribution in [-0.2, 0) is 20.9 Å². The zero-order valence-corrected chi connectivity index (χ0v) is 14.0. The zero-order valence-electron chi connectivity index (χ0n) is 14.0. The molecule has 0 radical (unpaired) electrons. The average molecular weight is 340 g/mol. The van der Waals surface area contributed by atoms with Crippen molar-refractivity contribution in [2.24, 2.45) is 23.7 Å². The van der Waals surface area contributed by atoms with Gasteiger partial charge in [-0.2, -0.15) is 0 Å². The summed E-state index contributed by atoms with van der Waals surface area (Å²) in [6, 6.07) is 7.36. The number of carbonyl (C=O) groups is 3. The van der Waals surface area contributed by atoms with Gasteiger partial charge in [0.15, 0.2) is 0 Å². The molecule has 1 aliphatic heterocycles. The Morgan fingerprint density at radius 2 is 1.72 bits per heavy atom. The predicted octanol–water partition coefficient (Wildman–Crippen LogP) is 1.12. The SMILES string of the molecule is COc1ccc(CNC(=O)CN2C(=O)[C@@H]3[C@H](C2=O)[C@H]2C=C[C@H]3C2)cc1. The number of allylic oxidation sites excluding steroid dienone is 2. The number of hydrogen-bond acceptors (Lipinski definition) is 4. The molecule has 0 unspecified atom stereocenters. The number of nitrogens with zero attached hydrogens (tertiary/aromatic N) is 1. The van der Waals surface area contributed by atoms with Gasteiger partial charge in [-0.15, -0.1) is 0 Å². The van der Waals surface area contributed by atoms with Crippen LogP contribution in [0.4, 0.5) is 0 Å². The number of ether oxygens (including phenoxy) is 1. The number of hydrogen-bond donors (Lipinski definition) is 1. The molecule has 4 rings (SSSR count). The molecule has 2 fully saturated rings. The van der Waals surface area contributed by atoms with Crippen LogP contribution < -0.4 is 10.1 Å². The topological polar surface area (TPSA) is 75.7 Å². The number of nitrogens with one attached hydrogen (secondary N) is 1. The van der Waals surface area contributed by atoms with Gasteiger partial charge in [0.2, 0.25) is 17.7 Å². The first kappa shape index (κ1) is 15.9. The lowest BCUT2D eigenvalue weighted by molar-refractivity contribution is -0.144. The molecule has 25 heavy (non-hydrogen) atoms. The average Bonchev–Trinajstić information content (AvgIpc) is 3.30. The van der Waals surface area contributed by atoms with Crippen molar-refractivity contribution in [2.75, 3.05) is 13.7 Å². The van der Waals surface area contributed by atoms with Crippen LogP contribution in [0.3, 0.4) is 0 Å². The standard InChI is InChI=1S/C19H20N2O4/c1-25-14-6-2-11(3-7-14)9-20-15(22)10-21-18(23)16-12-4-5-13(8-12)17(16)19(21)24/h2-7,12-13,16-17H,8-10H2,1H3,(H,20,22)/t12-,13-,16-,17+/m0/s1. The van der Waals surface area contributed by atoms with Crippen LogP contribution in [0.25, 0.3) is 0 Å². The highest BCUT2D eigenvalue weighted by molar-refractivity contribution is 6.08. The van der Waals surface area contributed by atoms with E-state index in [1.54, 1.807) is 7.11 Å². The Bertz CT molecular complexity index is 725. The Morgan fingerprint density at radius 1 is 1.12 bits per heavy atom. The van der Waals surface area contributed by atoms with E-state index in [9.17, 15) is 14.4 Å². The molecule has 2 bridgehead atoms. The van der Waals surface area contributed by atoms with E-state index in [-0.39, 0.29) is 47.9 Å². The number of benzene rings is 1. The van der Waals surface area contributed by atoms with E-state index in [1.165, 1.54) is 0 Å². The van der Waals surface area contributed by atoms with E-state index in [0.717, 1.165) is 22.6 Å². The molecule has 3 amide bonds. The summed E-state index contributed by atoms with van der Waals surface area (Å²) in [5.74, 6) is -0.125. The summed E-state index contributed by atoms with van der Waals surface area (Å²) in [5.41, 5.74) is 0.923. The number of likely N-dealkylation sites (tertiary alicyclic amines) is 1. The molecule has 3 aliphatic rings. The van der Waals surface area contributed by atoms with E-state index in [0.29, 0.717) is 6.54 Å². The molecular weight excluding hydrogens is 320 g/mol. The molecule has 1 N–H and O–H groups in total. The van der Waals surface area contributed by atoms with Gasteiger partial charge >= 0.3 is 0 Å². The second kappa shape index (κ2) is 6.02. The van der Waals surface area contributed by atoms with Gasteiger partial charge in [-0.25, -0.2) is 0 Å². The summed E-state index contributed by atoms with van der Waals surface area (Å²) in [6.07, 6.45) is 4.98. The first-order chi connectivity index (χ1) is 12.1. The third-order valence-electron chi connectivity index (χ3n) is 5.51. The van der Waals surface area contributed by atoms with Crippen LogP contribution in [0.1, 0.15) is 12.0 Å². The highest BCUT2D eigenvalue weighted by atomic mass is 16.5. The summed E-state index contributed by atoms with van der Waals surface area (Å²) in [5, 5.41) is 2.77. The van der Waals surface area contributed by atoms with Crippen molar-refractivity contribution in [1.29, 1.82) is 0 Å². The first-order valence-corrected chi connectivity index (χ1v) is 8.51. The van der Waals surface area contributed by atoms with Crippen molar-refractivity contribution < 1.29 is 19.1 Å². The maximum atomic E-state index is 12.5. The molecule has 6 heteroatoms. The Balaban J connectivity index is 1.35. The largest absolute Gasteiger partial charge is 0.497 e. The summed E-state index contributed by atoms with van der Waals surface area (Å²) in [6.45, 7) is 0.152.